The number of thiazole rings is 1. The zero-order chi connectivity index (χ0) is 17.1. The van der Waals surface area contributed by atoms with Crippen LogP contribution >= 0.6 is 11.3 Å². The molecule has 5 nitrogen and oxygen atoms in total. The molecule has 2 aromatic heterocycles. The highest BCUT2D eigenvalue weighted by Gasteiger charge is 2.18. The van der Waals surface area contributed by atoms with Gasteiger partial charge in [-0.3, -0.25) is 14.7 Å². The largest absolute Gasteiger partial charge is 0.322 e. The highest BCUT2D eigenvalue weighted by molar-refractivity contribution is 7.09. The molecule has 25 heavy (non-hydrogen) atoms. The van der Waals surface area contributed by atoms with Crippen molar-refractivity contribution in [2.45, 2.75) is 19.5 Å². The Hall–Kier alpha value is -2.57. The molecule has 0 bridgehead atoms. The van der Waals surface area contributed by atoms with E-state index >= 15 is 0 Å². The molecule has 0 aliphatic carbocycles. The quantitative estimate of drug-likeness (QED) is 0.784. The molecule has 0 radical (unpaired) electrons. The van der Waals surface area contributed by atoms with Crippen LogP contribution in [0.4, 0.5) is 5.69 Å². The fourth-order valence-electron chi connectivity index (χ4n) is 3.06. The molecule has 1 aliphatic heterocycles. The van der Waals surface area contributed by atoms with E-state index in [-0.39, 0.29) is 5.91 Å². The smallest absolute Gasteiger partial charge is 0.255 e. The molecule has 0 unspecified atom stereocenters. The molecule has 126 valence electrons. The summed E-state index contributed by atoms with van der Waals surface area (Å²) in [5.74, 6) is -0.113. The van der Waals surface area contributed by atoms with E-state index in [4.69, 9.17) is 0 Å². The average Bonchev–Trinajstić information content (AvgIpc) is 3.15. The third-order valence-corrected chi connectivity index (χ3v) is 5.10. The number of nitrogens with one attached hydrogen (secondary N) is 1. The van der Waals surface area contributed by atoms with Crippen LogP contribution in [-0.2, 0) is 19.5 Å². The number of nitrogens with zero attached hydrogens (tertiary/aromatic N) is 3. The van der Waals surface area contributed by atoms with Gasteiger partial charge in [0, 0.05) is 48.3 Å². The van der Waals surface area contributed by atoms with Gasteiger partial charge in [0.15, 0.2) is 0 Å². The lowest BCUT2D eigenvalue weighted by molar-refractivity contribution is 0.102. The Balaban J connectivity index is 1.47. The first-order valence-electron chi connectivity index (χ1n) is 8.22. The highest BCUT2D eigenvalue weighted by Crippen LogP contribution is 2.24. The van der Waals surface area contributed by atoms with Gasteiger partial charge in [0.25, 0.3) is 5.91 Å². The van der Waals surface area contributed by atoms with Crippen LogP contribution in [0.2, 0.25) is 0 Å². The Morgan fingerprint density at radius 3 is 2.84 bits per heavy atom. The van der Waals surface area contributed by atoms with Gasteiger partial charge in [-0.15, -0.1) is 11.3 Å². The minimum absolute atomic E-state index is 0.113. The average molecular weight is 350 g/mol. The lowest BCUT2D eigenvalue weighted by atomic mass is 9.99. The fraction of sp³-hybridized carbons (Fsp3) is 0.211. The first-order valence-corrected chi connectivity index (χ1v) is 9.10. The number of hydrogen-bond donors (Lipinski definition) is 1. The van der Waals surface area contributed by atoms with Gasteiger partial charge in [0.05, 0.1) is 6.54 Å². The number of pyridine rings is 1. The van der Waals surface area contributed by atoms with Gasteiger partial charge in [-0.05, 0) is 41.8 Å². The number of carbonyl (C=O) groups excluding carboxylic acids is 1. The molecule has 0 fully saturated rings. The van der Waals surface area contributed by atoms with Gasteiger partial charge < -0.3 is 5.32 Å². The van der Waals surface area contributed by atoms with E-state index in [2.05, 4.69) is 32.3 Å². The molecule has 0 saturated carbocycles. The summed E-state index contributed by atoms with van der Waals surface area (Å²) in [5, 5.41) is 6.13. The van der Waals surface area contributed by atoms with Crippen LogP contribution in [0.5, 0.6) is 0 Å². The second-order valence-corrected chi connectivity index (χ2v) is 7.04. The van der Waals surface area contributed by atoms with Crippen molar-refractivity contribution in [2.24, 2.45) is 0 Å². The lowest BCUT2D eigenvalue weighted by Gasteiger charge is -2.28. The third kappa shape index (κ3) is 3.75. The molecule has 4 rings (SSSR count). The molecule has 3 heterocycles. The second kappa shape index (κ2) is 7.13. The number of fused-ring (bicyclic) bond motifs is 1. The van der Waals surface area contributed by atoms with E-state index in [0.717, 1.165) is 36.8 Å². The molecule has 0 spiro atoms. The molecular weight excluding hydrogens is 332 g/mol. The predicted molar refractivity (Wildman–Crippen MR) is 98.6 cm³/mol. The third-order valence-electron chi connectivity index (χ3n) is 4.34. The standard InChI is InChI=1S/C19H18N4OS/c24-19(15-3-6-20-7-4-15)22-17-2-1-14-5-9-23(12-16(14)11-17)13-18-21-8-10-25-18/h1-4,6-8,10-11H,5,9,12-13H2,(H,22,24). The van der Waals surface area contributed by atoms with Crippen molar-refractivity contribution in [1.82, 2.24) is 14.9 Å². The molecule has 1 N–H and O–H groups in total. The van der Waals surface area contributed by atoms with E-state index in [1.807, 2.05) is 17.6 Å². The van der Waals surface area contributed by atoms with Crippen molar-refractivity contribution < 1.29 is 4.79 Å². The zero-order valence-electron chi connectivity index (χ0n) is 13.7. The van der Waals surface area contributed by atoms with E-state index in [1.165, 1.54) is 11.1 Å². The fourth-order valence-corrected chi connectivity index (χ4v) is 3.71. The van der Waals surface area contributed by atoms with Crippen molar-refractivity contribution >= 4 is 22.9 Å². The predicted octanol–water partition coefficient (Wildman–Crippen LogP) is 3.35. The zero-order valence-corrected chi connectivity index (χ0v) is 14.5. The van der Waals surface area contributed by atoms with Crippen molar-refractivity contribution in [1.29, 1.82) is 0 Å². The first-order chi connectivity index (χ1) is 12.3. The molecule has 6 heteroatoms. The number of rotatable bonds is 4. The first kappa shape index (κ1) is 15.9. The van der Waals surface area contributed by atoms with Gasteiger partial charge in [-0.25, -0.2) is 4.98 Å². The Morgan fingerprint density at radius 1 is 1.16 bits per heavy atom. The maximum atomic E-state index is 12.3. The van der Waals surface area contributed by atoms with Crippen LogP contribution in [0.15, 0.2) is 54.3 Å². The number of carbonyl (C=O) groups is 1. The van der Waals surface area contributed by atoms with Crippen molar-refractivity contribution in [3.8, 4) is 0 Å². The molecule has 0 atom stereocenters. The van der Waals surface area contributed by atoms with Crippen molar-refractivity contribution in [3.05, 3.63) is 76.0 Å². The number of benzene rings is 1. The maximum absolute atomic E-state index is 12.3. The van der Waals surface area contributed by atoms with Gasteiger partial charge >= 0.3 is 0 Å². The summed E-state index contributed by atoms with van der Waals surface area (Å²) in [4.78, 5) is 23.0. The van der Waals surface area contributed by atoms with E-state index in [9.17, 15) is 4.79 Å². The molecular formula is C19H18N4OS. The van der Waals surface area contributed by atoms with E-state index in [0.29, 0.717) is 5.56 Å². The lowest BCUT2D eigenvalue weighted by Crippen LogP contribution is -2.30. The normalized spacial score (nSPS) is 14.1. The van der Waals surface area contributed by atoms with Gasteiger partial charge in [0.1, 0.15) is 5.01 Å². The Kier molecular flexibility index (Phi) is 4.54. The molecule has 1 aliphatic rings. The molecule has 1 amide bonds. The summed E-state index contributed by atoms with van der Waals surface area (Å²) in [6.45, 7) is 2.80. The van der Waals surface area contributed by atoms with Crippen molar-refractivity contribution in [3.63, 3.8) is 0 Å². The minimum atomic E-state index is -0.113. The van der Waals surface area contributed by atoms with Crippen LogP contribution in [0.3, 0.4) is 0 Å². The topological polar surface area (TPSA) is 58.1 Å². The van der Waals surface area contributed by atoms with E-state index < -0.39 is 0 Å². The van der Waals surface area contributed by atoms with Crippen LogP contribution in [-0.4, -0.2) is 27.3 Å². The number of amides is 1. The number of hydrogen-bond acceptors (Lipinski definition) is 5. The summed E-state index contributed by atoms with van der Waals surface area (Å²) in [6.07, 6.45) is 6.13. The number of anilines is 1. The summed E-state index contributed by atoms with van der Waals surface area (Å²) in [5.41, 5.74) is 4.07. The molecule has 1 aromatic carbocycles. The monoisotopic (exact) mass is 350 g/mol. The van der Waals surface area contributed by atoms with Crippen LogP contribution in [0, 0.1) is 0 Å². The maximum Gasteiger partial charge on any atom is 0.255 e. The molecule has 0 saturated heterocycles. The molecule has 3 aromatic rings. The van der Waals surface area contributed by atoms with Crippen LogP contribution in [0.25, 0.3) is 0 Å². The summed E-state index contributed by atoms with van der Waals surface area (Å²) in [6, 6.07) is 9.61. The Labute approximate surface area is 150 Å². The van der Waals surface area contributed by atoms with Gasteiger partial charge in [-0.2, -0.15) is 0 Å². The minimum Gasteiger partial charge on any atom is -0.322 e. The van der Waals surface area contributed by atoms with Crippen LogP contribution < -0.4 is 5.32 Å². The summed E-state index contributed by atoms with van der Waals surface area (Å²) < 4.78 is 0. The second-order valence-electron chi connectivity index (χ2n) is 6.06. The Morgan fingerprint density at radius 2 is 2.04 bits per heavy atom. The van der Waals surface area contributed by atoms with E-state index in [1.54, 1.807) is 35.9 Å². The SMILES string of the molecule is O=C(Nc1ccc2c(c1)CN(Cc1nccs1)CC2)c1ccncc1. The van der Waals surface area contributed by atoms with Crippen molar-refractivity contribution in [2.75, 3.05) is 11.9 Å². The van der Waals surface area contributed by atoms with Gasteiger partial charge in [0.2, 0.25) is 0 Å². The summed E-state index contributed by atoms with van der Waals surface area (Å²) in [7, 11) is 0. The Bertz CT molecular complexity index is 864. The number of aromatic nitrogens is 2. The highest BCUT2D eigenvalue weighted by atomic mass is 32.1. The van der Waals surface area contributed by atoms with Gasteiger partial charge in [-0.1, -0.05) is 6.07 Å². The summed E-state index contributed by atoms with van der Waals surface area (Å²) >= 11 is 1.69. The van der Waals surface area contributed by atoms with Crippen LogP contribution in [0.1, 0.15) is 26.5 Å².